The maximum Gasteiger partial charge on any atom is 0.265 e. The Morgan fingerprint density at radius 3 is 1.97 bits per heavy atom. The summed E-state index contributed by atoms with van der Waals surface area (Å²) >= 11 is 11.7. The zero-order valence-electron chi connectivity index (χ0n) is 15.1. The third kappa shape index (κ3) is 5.20. The number of rotatable bonds is 6. The topological polar surface area (TPSA) is 84.5 Å². The molecule has 0 aliphatic heterocycles. The van der Waals surface area contributed by atoms with E-state index in [1.54, 1.807) is 36.4 Å². The molecular formula is C20H16Cl2N2O4S. The molecule has 29 heavy (non-hydrogen) atoms. The summed E-state index contributed by atoms with van der Waals surface area (Å²) < 4.78 is 33.3. The van der Waals surface area contributed by atoms with Crippen molar-refractivity contribution in [3.63, 3.8) is 0 Å². The van der Waals surface area contributed by atoms with Crippen molar-refractivity contribution in [1.29, 1.82) is 0 Å². The lowest BCUT2D eigenvalue weighted by atomic mass is 10.2. The van der Waals surface area contributed by atoms with Crippen LogP contribution in [0.15, 0.2) is 71.6 Å². The molecule has 150 valence electrons. The number of methoxy groups -OCH3 is 1. The number of benzene rings is 3. The lowest BCUT2D eigenvalue weighted by Crippen LogP contribution is -2.17. The molecule has 0 fully saturated rings. The van der Waals surface area contributed by atoms with Gasteiger partial charge in [0.05, 0.1) is 7.11 Å². The molecule has 0 atom stereocenters. The fourth-order valence-corrected chi connectivity index (χ4v) is 4.00. The number of sulfonamides is 1. The van der Waals surface area contributed by atoms with Crippen LogP contribution < -0.4 is 14.8 Å². The fraction of sp³-hybridized carbons (Fsp3) is 0.0500. The van der Waals surface area contributed by atoms with Crippen molar-refractivity contribution < 1.29 is 17.9 Å². The van der Waals surface area contributed by atoms with Crippen LogP contribution in [-0.2, 0) is 10.0 Å². The molecule has 0 heterocycles. The quantitative estimate of drug-likeness (QED) is 0.549. The van der Waals surface area contributed by atoms with Gasteiger partial charge in [-0.25, -0.2) is 8.42 Å². The van der Waals surface area contributed by atoms with E-state index in [2.05, 4.69) is 10.0 Å². The van der Waals surface area contributed by atoms with Crippen LogP contribution in [0, 0.1) is 0 Å². The van der Waals surface area contributed by atoms with Gasteiger partial charge in [-0.2, -0.15) is 0 Å². The number of ether oxygens (including phenoxy) is 1. The third-order valence-corrected chi connectivity index (χ3v) is 5.82. The summed E-state index contributed by atoms with van der Waals surface area (Å²) in [6, 6.07) is 16.9. The molecule has 0 bridgehead atoms. The van der Waals surface area contributed by atoms with Crippen LogP contribution in [0.2, 0.25) is 10.0 Å². The predicted molar refractivity (Wildman–Crippen MR) is 115 cm³/mol. The Kier molecular flexibility index (Phi) is 6.32. The highest BCUT2D eigenvalue weighted by Gasteiger charge is 2.22. The smallest absolute Gasteiger partial charge is 0.265 e. The molecule has 2 N–H and O–H groups in total. The van der Waals surface area contributed by atoms with Crippen LogP contribution in [0.3, 0.4) is 0 Å². The predicted octanol–water partition coefficient (Wildman–Crippen LogP) is 5.06. The number of carbonyl (C=O) groups excluding carboxylic acids is 1. The summed E-state index contributed by atoms with van der Waals surface area (Å²) in [7, 11) is -2.67. The minimum atomic E-state index is -4.02. The molecule has 0 aliphatic rings. The lowest BCUT2D eigenvalue weighted by Gasteiger charge is -2.13. The van der Waals surface area contributed by atoms with E-state index in [0.717, 1.165) is 0 Å². The van der Waals surface area contributed by atoms with Gasteiger partial charge < -0.3 is 10.1 Å². The standard InChI is InChI=1S/C20H16Cl2N2O4S/c1-28-18-11-2-13(20(25)23-16-7-3-14(21)4-8-16)12-19(18)29(26,27)24-17-9-5-15(22)6-10-17/h2-12,24H,1H3,(H,23,25). The maximum absolute atomic E-state index is 12.9. The largest absolute Gasteiger partial charge is 0.495 e. The molecule has 0 aliphatic carbocycles. The van der Waals surface area contributed by atoms with Crippen LogP contribution in [-0.4, -0.2) is 21.4 Å². The van der Waals surface area contributed by atoms with Crippen LogP contribution in [0.25, 0.3) is 0 Å². The highest BCUT2D eigenvalue weighted by atomic mass is 35.5. The van der Waals surface area contributed by atoms with Crippen molar-refractivity contribution in [2.24, 2.45) is 0 Å². The maximum atomic E-state index is 12.9. The second-order valence-electron chi connectivity index (χ2n) is 5.94. The second kappa shape index (κ2) is 8.73. The fourth-order valence-electron chi connectivity index (χ4n) is 2.49. The summed E-state index contributed by atoms with van der Waals surface area (Å²) in [5.41, 5.74) is 1.00. The first-order valence-electron chi connectivity index (χ1n) is 8.32. The Balaban J connectivity index is 1.90. The van der Waals surface area contributed by atoms with Gasteiger partial charge in [0.1, 0.15) is 10.6 Å². The Hall–Kier alpha value is -2.74. The SMILES string of the molecule is COc1ccc(C(=O)Nc2ccc(Cl)cc2)cc1S(=O)(=O)Nc1ccc(Cl)cc1. The van der Waals surface area contributed by atoms with Gasteiger partial charge in [-0.15, -0.1) is 0 Å². The number of nitrogens with one attached hydrogen (secondary N) is 2. The van der Waals surface area contributed by atoms with E-state index in [1.807, 2.05) is 0 Å². The van der Waals surface area contributed by atoms with Gasteiger partial charge in [0.15, 0.2) is 0 Å². The minimum Gasteiger partial charge on any atom is -0.495 e. The van der Waals surface area contributed by atoms with E-state index in [-0.39, 0.29) is 16.2 Å². The molecule has 0 saturated carbocycles. The first-order chi connectivity index (χ1) is 13.8. The Labute approximate surface area is 178 Å². The summed E-state index contributed by atoms with van der Waals surface area (Å²) in [4.78, 5) is 12.4. The highest BCUT2D eigenvalue weighted by molar-refractivity contribution is 7.92. The molecule has 9 heteroatoms. The van der Waals surface area contributed by atoms with E-state index < -0.39 is 15.9 Å². The number of hydrogen-bond donors (Lipinski definition) is 2. The number of hydrogen-bond acceptors (Lipinski definition) is 4. The zero-order chi connectivity index (χ0) is 21.0. The summed E-state index contributed by atoms with van der Waals surface area (Å²) in [6.07, 6.45) is 0. The molecule has 0 saturated heterocycles. The second-order valence-corrected chi connectivity index (χ2v) is 8.46. The molecule has 1 amide bonds. The summed E-state index contributed by atoms with van der Waals surface area (Å²) in [5, 5.41) is 3.70. The molecule has 3 rings (SSSR count). The average Bonchev–Trinajstić information content (AvgIpc) is 2.70. The third-order valence-electron chi connectivity index (χ3n) is 3.91. The first kappa shape index (κ1) is 21.0. The van der Waals surface area contributed by atoms with Gasteiger partial charge in [0, 0.05) is 27.0 Å². The summed E-state index contributed by atoms with van der Waals surface area (Å²) in [5.74, 6) is -0.368. The Morgan fingerprint density at radius 2 is 1.41 bits per heavy atom. The van der Waals surface area contributed by atoms with Crippen molar-refractivity contribution in [1.82, 2.24) is 0 Å². The molecular weight excluding hydrogens is 435 g/mol. The number of halogens is 2. The molecule has 6 nitrogen and oxygen atoms in total. The Bertz CT molecular complexity index is 1130. The van der Waals surface area contributed by atoms with Crippen LogP contribution in [0.4, 0.5) is 11.4 Å². The minimum absolute atomic E-state index is 0.106. The van der Waals surface area contributed by atoms with Gasteiger partial charge >= 0.3 is 0 Å². The molecule has 0 radical (unpaired) electrons. The zero-order valence-corrected chi connectivity index (χ0v) is 17.5. The van der Waals surface area contributed by atoms with Gasteiger partial charge in [-0.3, -0.25) is 9.52 Å². The van der Waals surface area contributed by atoms with Crippen molar-refractivity contribution in [2.45, 2.75) is 4.90 Å². The van der Waals surface area contributed by atoms with Crippen molar-refractivity contribution in [3.05, 3.63) is 82.3 Å². The molecule has 0 spiro atoms. The molecule has 3 aromatic carbocycles. The van der Waals surface area contributed by atoms with Crippen molar-refractivity contribution in [2.75, 3.05) is 17.1 Å². The average molecular weight is 451 g/mol. The molecule has 3 aromatic rings. The normalized spacial score (nSPS) is 11.0. The molecule has 0 aromatic heterocycles. The monoisotopic (exact) mass is 450 g/mol. The first-order valence-corrected chi connectivity index (χ1v) is 10.6. The van der Waals surface area contributed by atoms with E-state index in [9.17, 15) is 13.2 Å². The number of carbonyl (C=O) groups is 1. The number of amides is 1. The Morgan fingerprint density at radius 1 is 0.862 bits per heavy atom. The van der Waals surface area contributed by atoms with Crippen LogP contribution in [0.5, 0.6) is 5.75 Å². The highest BCUT2D eigenvalue weighted by Crippen LogP contribution is 2.28. The number of anilines is 2. The van der Waals surface area contributed by atoms with Crippen LogP contribution >= 0.6 is 23.2 Å². The van der Waals surface area contributed by atoms with Gasteiger partial charge in [0.25, 0.3) is 15.9 Å². The van der Waals surface area contributed by atoms with Crippen molar-refractivity contribution >= 4 is 50.5 Å². The van der Waals surface area contributed by atoms with Crippen molar-refractivity contribution in [3.8, 4) is 5.75 Å². The van der Waals surface area contributed by atoms with E-state index in [4.69, 9.17) is 27.9 Å². The molecule has 0 unspecified atom stereocenters. The summed E-state index contributed by atoms with van der Waals surface area (Å²) in [6.45, 7) is 0. The van der Waals surface area contributed by atoms with E-state index in [0.29, 0.717) is 21.4 Å². The van der Waals surface area contributed by atoms with Crippen LogP contribution in [0.1, 0.15) is 10.4 Å². The van der Waals surface area contributed by atoms with Gasteiger partial charge in [-0.05, 0) is 66.7 Å². The van der Waals surface area contributed by atoms with Gasteiger partial charge in [0.2, 0.25) is 0 Å². The lowest BCUT2D eigenvalue weighted by molar-refractivity contribution is 0.102. The van der Waals surface area contributed by atoms with E-state index in [1.165, 1.54) is 37.4 Å². The van der Waals surface area contributed by atoms with Gasteiger partial charge in [-0.1, -0.05) is 23.2 Å². The van der Waals surface area contributed by atoms with E-state index >= 15 is 0 Å².